The van der Waals surface area contributed by atoms with Crippen LogP contribution in [-0.2, 0) is 14.3 Å². The summed E-state index contributed by atoms with van der Waals surface area (Å²) in [6.07, 6.45) is 1.61. The summed E-state index contributed by atoms with van der Waals surface area (Å²) in [5.74, 6) is -0.0319. The predicted octanol–water partition coefficient (Wildman–Crippen LogP) is 2.52. The average Bonchev–Trinajstić information content (AvgIpc) is 2.80. The normalized spacial score (nSPS) is 15.8. The molecule has 0 unspecified atom stereocenters. The van der Waals surface area contributed by atoms with Crippen molar-refractivity contribution in [2.45, 2.75) is 0 Å². The molecule has 0 spiro atoms. The molecule has 9 heteroatoms. The van der Waals surface area contributed by atoms with Crippen LogP contribution in [0.2, 0.25) is 0 Å². The summed E-state index contributed by atoms with van der Waals surface area (Å²) in [5, 5.41) is -0.314. The molecule has 2 amide bonds. The average molecular weight is 463 g/mol. The Morgan fingerprint density at radius 1 is 1.33 bits per heavy atom. The highest BCUT2D eigenvalue weighted by atomic mass is 127. The highest BCUT2D eigenvalue weighted by molar-refractivity contribution is 14.1. The first-order chi connectivity index (χ1) is 11.4. The standard InChI is InChI=1S/C15H14INO6S/c1-17-14(19)11(24-15(17)20)6-8-4-9(16)13(10(5-8)21-2)23-7-12(18)22-3/h4-6H,7H2,1-3H3/b11-6-. The zero-order valence-electron chi connectivity index (χ0n) is 13.1. The Morgan fingerprint density at radius 3 is 2.58 bits per heavy atom. The minimum atomic E-state index is -0.506. The zero-order chi connectivity index (χ0) is 17.9. The molecule has 0 saturated carbocycles. The zero-order valence-corrected chi connectivity index (χ0v) is 16.1. The summed E-state index contributed by atoms with van der Waals surface area (Å²) in [4.78, 5) is 36.1. The number of amides is 2. The van der Waals surface area contributed by atoms with Gasteiger partial charge in [-0.25, -0.2) is 4.79 Å². The quantitative estimate of drug-likeness (QED) is 0.377. The SMILES string of the molecule is COC(=O)COc1c(I)cc(/C=C2\SC(=O)N(C)C2=O)cc1OC. The van der Waals surface area contributed by atoms with Crippen LogP contribution in [-0.4, -0.2) is 49.9 Å². The van der Waals surface area contributed by atoms with E-state index in [2.05, 4.69) is 4.74 Å². The van der Waals surface area contributed by atoms with Gasteiger partial charge in [0.25, 0.3) is 11.1 Å². The number of carbonyl (C=O) groups is 3. The summed E-state index contributed by atoms with van der Waals surface area (Å²) in [5.41, 5.74) is 0.681. The van der Waals surface area contributed by atoms with E-state index in [1.165, 1.54) is 21.3 Å². The van der Waals surface area contributed by atoms with E-state index in [9.17, 15) is 14.4 Å². The van der Waals surface area contributed by atoms with Crippen LogP contribution in [0.15, 0.2) is 17.0 Å². The molecule has 0 radical (unpaired) electrons. The first-order valence-corrected chi connectivity index (χ1v) is 8.55. The first-order valence-electron chi connectivity index (χ1n) is 6.66. The Balaban J connectivity index is 2.31. The number of benzene rings is 1. The third-order valence-electron chi connectivity index (χ3n) is 3.10. The van der Waals surface area contributed by atoms with E-state index < -0.39 is 5.97 Å². The van der Waals surface area contributed by atoms with Gasteiger partial charge in [-0.1, -0.05) is 0 Å². The van der Waals surface area contributed by atoms with Gasteiger partial charge < -0.3 is 14.2 Å². The van der Waals surface area contributed by atoms with Crippen molar-refractivity contribution in [3.8, 4) is 11.5 Å². The van der Waals surface area contributed by atoms with Gasteiger partial charge >= 0.3 is 5.97 Å². The number of thioether (sulfide) groups is 1. The van der Waals surface area contributed by atoms with Gasteiger partial charge in [-0.05, 0) is 58.1 Å². The van der Waals surface area contributed by atoms with Gasteiger partial charge in [0, 0.05) is 7.05 Å². The van der Waals surface area contributed by atoms with Crippen LogP contribution in [0, 0.1) is 3.57 Å². The molecule has 1 heterocycles. The lowest BCUT2D eigenvalue weighted by Crippen LogP contribution is -2.22. The van der Waals surface area contributed by atoms with Gasteiger partial charge in [0.05, 0.1) is 22.7 Å². The lowest BCUT2D eigenvalue weighted by molar-refractivity contribution is -0.143. The number of rotatable bonds is 5. The maximum absolute atomic E-state index is 11.9. The van der Waals surface area contributed by atoms with Crippen molar-refractivity contribution in [1.29, 1.82) is 0 Å². The fourth-order valence-corrected chi connectivity index (χ4v) is 3.46. The number of carbonyl (C=O) groups excluding carboxylic acids is 3. The molecular weight excluding hydrogens is 449 g/mol. The predicted molar refractivity (Wildman–Crippen MR) is 97.0 cm³/mol. The fraction of sp³-hybridized carbons (Fsp3) is 0.267. The topological polar surface area (TPSA) is 82.1 Å². The van der Waals surface area contributed by atoms with Gasteiger partial charge in [0.2, 0.25) is 0 Å². The van der Waals surface area contributed by atoms with Crippen molar-refractivity contribution < 1.29 is 28.6 Å². The van der Waals surface area contributed by atoms with Crippen LogP contribution in [0.1, 0.15) is 5.56 Å². The van der Waals surface area contributed by atoms with Crippen molar-refractivity contribution >= 4 is 57.5 Å². The molecule has 0 aliphatic carbocycles. The summed E-state index contributed by atoms with van der Waals surface area (Å²) in [7, 11) is 4.18. The number of ether oxygens (including phenoxy) is 3. The molecule has 0 atom stereocenters. The third-order valence-corrected chi connectivity index (χ3v) is 4.86. The molecule has 1 aromatic rings. The van der Waals surface area contributed by atoms with E-state index in [0.717, 1.165) is 16.7 Å². The number of esters is 1. The van der Waals surface area contributed by atoms with E-state index in [-0.39, 0.29) is 17.8 Å². The van der Waals surface area contributed by atoms with Crippen LogP contribution in [0.4, 0.5) is 4.79 Å². The molecule has 0 bridgehead atoms. The Morgan fingerprint density at radius 2 is 2.04 bits per heavy atom. The summed E-state index contributed by atoms with van der Waals surface area (Å²) < 4.78 is 15.9. The Kier molecular flexibility index (Phi) is 6.10. The van der Waals surface area contributed by atoms with E-state index >= 15 is 0 Å². The number of likely N-dealkylation sites (N-methyl/N-ethyl adjacent to an activating group) is 1. The number of methoxy groups -OCH3 is 2. The summed E-state index contributed by atoms with van der Waals surface area (Å²) in [6.45, 7) is -0.239. The lowest BCUT2D eigenvalue weighted by Gasteiger charge is -2.13. The summed E-state index contributed by atoms with van der Waals surface area (Å²) >= 11 is 2.92. The second-order valence-corrected chi connectivity index (χ2v) is 6.80. The Hall–Kier alpha value is -1.75. The molecule has 1 aliphatic rings. The number of hydrogen-bond acceptors (Lipinski definition) is 7. The van der Waals surface area contributed by atoms with Crippen molar-refractivity contribution in [3.05, 3.63) is 26.2 Å². The van der Waals surface area contributed by atoms with E-state index in [0.29, 0.717) is 25.5 Å². The number of imide groups is 1. The van der Waals surface area contributed by atoms with Crippen molar-refractivity contribution in [2.24, 2.45) is 0 Å². The van der Waals surface area contributed by atoms with Gasteiger partial charge in [-0.3, -0.25) is 14.5 Å². The van der Waals surface area contributed by atoms with Crippen LogP contribution in [0.25, 0.3) is 6.08 Å². The van der Waals surface area contributed by atoms with Crippen molar-refractivity contribution in [2.75, 3.05) is 27.9 Å². The molecular formula is C15H14INO6S. The molecule has 1 saturated heterocycles. The highest BCUT2D eigenvalue weighted by Crippen LogP contribution is 2.36. The van der Waals surface area contributed by atoms with Crippen molar-refractivity contribution in [1.82, 2.24) is 4.90 Å². The fourth-order valence-electron chi connectivity index (χ4n) is 1.85. The number of nitrogens with zero attached hydrogens (tertiary/aromatic N) is 1. The Labute approximate surface area is 156 Å². The first kappa shape index (κ1) is 18.6. The smallest absolute Gasteiger partial charge is 0.343 e. The van der Waals surface area contributed by atoms with Crippen molar-refractivity contribution in [3.63, 3.8) is 0 Å². The van der Waals surface area contributed by atoms with Gasteiger partial charge in [-0.15, -0.1) is 0 Å². The molecule has 1 aromatic carbocycles. The van der Waals surface area contributed by atoms with Crippen LogP contribution in [0.5, 0.6) is 11.5 Å². The minimum absolute atomic E-state index is 0.239. The van der Waals surface area contributed by atoms with E-state index in [1.54, 1.807) is 18.2 Å². The summed E-state index contributed by atoms with van der Waals surface area (Å²) in [6, 6.07) is 3.43. The van der Waals surface area contributed by atoms with Gasteiger partial charge in [-0.2, -0.15) is 0 Å². The molecule has 0 aromatic heterocycles. The third kappa shape index (κ3) is 4.01. The number of hydrogen-bond donors (Lipinski definition) is 0. The van der Waals surface area contributed by atoms with Crippen LogP contribution in [0.3, 0.4) is 0 Å². The molecule has 0 N–H and O–H groups in total. The van der Waals surface area contributed by atoms with E-state index in [4.69, 9.17) is 9.47 Å². The molecule has 24 heavy (non-hydrogen) atoms. The lowest BCUT2D eigenvalue weighted by atomic mass is 10.2. The maximum atomic E-state index is 11.9. The molecule has 128 valence electrons. The number of halogens is 1. The molecule has 2 rings (SSSR count). The molecule has 1 aliphatic heterocycles. The minimum Gasteiger partial charge on any atom is -0.493 e. The maximum Gasteiger partial charge on any atom is 0.343 e. The second-order valence-electron chi connectivity index (χ2n) is 4.64. The largest absolute Gasteiger partial charge is 0.493 e. The van der Waals surface area contributed by atoms with Gasteiger partial charge in [0.15, 0.2) is 18.1 Å². The van der Waals surface area contributed by atoms with Crippen LogP contribution >= 0.6 is 34.4 Å². The van der Waals surface area contributed by atoms with E-state index in [1.807, 2.05) is 22.6 Å². The molecule has 7 nitrogen and oxygen atoms in total. The Bertz CT molecular complexity index is 733. The molecule has 1 fully saturated rings. The monoisotopic (exact) mass is 463 g/mol. The van der Waals surface area contributed by atoms with Gasteiger partial charge in [0.1, 0.15) is 0 Å². The second kappa shape index (κ2) is 7.88. The van der Waals surface area contributed by atoms with Crippen LogP contribution < -0.4 is 9.47 Å². The highest BCUT2D eigenvalue weighted by Gasteiger charge is 2.31.